The number of para-hydroxylation sites is 1. The first-order chi connectivity index (χ1) is 12.5. The molecule has 1 aliphatic rings. The van der Waals surface area contributed by atoms with E-state index in [1.807, 2.05) is 36.4 Å². The van der Waals surface area contributed by atoms with Crippen LogP contribution in [0.25, 0.3) is 0 Å². The summed E-state index contributed by atoms with van der Waals surface area (Å²) in [5.74, 6) is -0.143. The number of sulfonamides is 1. The predicted molar refractivity (Wildman–Crippen MR) is 103 cm³/mol. The van der Waals surface area contributed by atoms with E-state index >= 15 is 0 Å². The van der Waals surface area contributed by atoms with Crippen molar-refractivity contribution in [2.24, 2.45) is 0 Å². The van der Waals surface area contributed by atoms with Gasteiger partial charge in [0.25, 0.3) is 0 Å². The van der Waals surface area contributed by atoms with Crippen LogP contribution in [-0.4, -0.2) is 33.3 Å². The van der Waals surface area contributed by atoms with Crippen molar-refractivity contribution in [2.75, 3.05) is 23.1 Å². The first-order valence-corrected chi connectivity index (χ1v) is 10.3. The molecule has 26 heavy (non-hydrogen) atoms. The number of hydrogen-bond acceptors (Lipinski definition) is 3. The monoisotopic (exact) mass is 393 g/mol. The normalized spacial score (nSPS) is 13.3. The molecule has 2 N–H and O–H groups in total. The van der Waals surface area contributed by atoms with E-state index < -0.39 is 16.1 Å². The van der Waals surface area contributed by atoms with Crippen LogP contribution in [0.15, 0.2) is 48.5 Å². The lowest BCUT2D eigenvalue weighted by Crippen LogP contribution is -2.40. The van der Waals surface area contributed by atoms with E-state index in [0.717, 1.165) is 16.8 Å². The van der Waals surface area contributed by atoms with E-state index in [4.69, 9.17) is 11.6 Å². The van der Waals surface area contributed by atoms with Gasteiger partial charge in [0, 0.05) is 24.7 Å². The molecule has 0 saturated carbocycles. The summed E-state index contributed by atoms with van der Waals surface area (Å²) >= 11 is 5.81. The molecule has 6 nitrogen and oxygen atoms in total. The highest BCUT2D eigenvalue weighted by atomic mass is 35.5. The van der Waals surface area contributed by atoms with Gasteiger partial charge in [-0.1, -0.05) is 41.9 Å². The standard InChI is InChI=1S/C18H20ClN3O3S/c19-16-7-5-14(6-8-16)13-21-18(23)20-10-12-26(24,25)22-11-9-15-3-1-2-4-17(15)22/h1-8H,9-13H2,(H2,20,21,23). The zero-order valence-electron chi connectivity index (χ0n) is 14.1. The lowest BCUT2D eigenvalue weighted by Gasteiger charge is -2.19. The van der Waals surface area contributed by atoms with Gasteiger partial charge < -0.3 is 10.6 Å². The predicted octanol–water partition coefficient (Wildman–Crippen LogP) is 2.53. The Hall–Kier alpha value is -2.25. The zero-order valence-corrected chi connectivity index (χ0v) is 15.7. The Labute approximate surface area is 158 Å². The van der Waals surface area contributed by atoms with Crippen molar-refractivity contribution < 1.29 is 13.2 Å². The lowest BCUT2D eigenvalue weighted by atomic mass is 10.2. The Balaban J connectivity index is 1.46. The van der Waals surface area contributed by atoms with E-state index in [9.17, 15) is 13.2 Å². The summed E-state index contributed by atoms with van der Waals surface area (Å²) < 4.78 is 26.5. The van der Waals surface area contributed by atoms with Gasteiger partial charge in [0.2, 0.25) is 10.0 Å². The number of amides is 2. The average molecular weight is 394 g/mol. The maximum Gasteiger partial charge on any atom is 0.315 e. The number of carbonyl (C=O) groups excluding carboxylic acids is 1. The molecule has 0 spiro atoms. The van der Waals surface area contributed by atoms with Crippen molar-refractivity contribution >= 4 is 33.3 Å². The van der Waals surface area contributed by atoms with Gasteiger partial charge in [0.15, 0.2) is 0 Å². The van der Waals surface area contributed by atoms with Crippen LogP contribution in [-0.2, 0) is 23.0 Å². The Morgan fingerprint density at radius 1 is 1.08 bits per heavy atom. The number of anilines is 1. The Morgan fingerprint density at radius 3 is 2.58 bits per heavy atom. The minimum Gasteiger partial charge on any atom is -0.337 e. The summed E-state index contributed by atoms with van der Waals surface area (Å²) in [6.07, 6.45) is 0.713. The highest BCUT2D eigenvalue weighted by Gasteiger charge is 2.28. The zero-order chi connectivity index (χ0) is 18.6. The quantitative estimate of drug-likeness (QED) is 0.791. The molecule has 2 aromatic rings. The topological polar surface area (TPSA) is 78.5 Å². The van der Waals surface area contributed by atoms with E-state index in [-0.39, 0.29) is 12.3 Å². The molecule has 0 atom stereocenters. The van der Waals surface area contributed by atoms with Gasteiger partial charge in [-0.25, -0.2) is 13.2 Å². The largest absolute Gasteiger partial charge is 0.337 e. The molecule has 0 aromatic heterocycles. The molecular formula is C18H20ClN3O3S. The molecule has 0 bridgehead atoms. The van der Waals surface area contributed by atoms with Crippen LogP contribution in [0.1, 0.15) is 11.1 Å². The maximum atomic E-state index is 12.5. The molecule has 0 fully saturated rings. The van der Waals surface area contributed by atoms with Crippen LogP contribution in [0.5, 0.6) is 0 Å². The van der Waals surface area contributed by atoms with Crippen molar-refractivity contribution in [1.82, 2.24) is 10.6 Å². The average Bonchev–Trinajstić information content (AvgIpc) is 3.06. The molecule has 8 heteroatoms. The smallest absolute Gasteiger partial charge is 0.315 e. The molecule has 3 rings (SSSR count). The number of hydrogen-bond donors (Lipinski definition) is 2. The van der Waals surface area contributed by atoms with Gasteiger partial charge in [-0.3, -0.25) is 4.31 Å². The van der Waals surface area contributed by atoms with Gasteiger partial charge in [-0.2, -0.15) is 0 Å². The summed E-state index contributed by atoms with van der Waals surface area (Å²) in [5.41, 5.74) is 2.68. The molecule has 2 aromatic carbocycles. The van der Waals surface area contributed by atoms with Crippen molar-refractivity contribution in [3.63, 3.8) is 0 Å². The highest BCUT2D eigenvalue weighted by molar-refractivity contribution is 7.92. The van der Waals surface area contributed by atoms with E-state index in [2.05, 4.69) is 10.6 Å². The minimum absolute atomic E-state index is 0.0491. The van der Waals surface area contributed by atoms with Gasteiger partial charge in [-0.15, -0.1) is 0 Å². The Morgan fingerprint density at radius 2 is 1.81 bits per heavy atom. The Bertz CT molecular complexity index is 885. The van der Waals surface area contributed by atoms with Crippen molar-refractivity contribution in [1.29, 1.82) is 0 Å². The number of carbonyl (C=O) groups is 1. The number of fused-ring (bicyclic) bond motifs is 1. The SMILES string of the molecule is O=C(NCCS(=O)(=O)N1CCc2ccccc21)NCc1ccc(Cl)cc1. The van der Waals surface area contributed by atoms with Crippen LogP contribution >= 0.6 is 11.6 Å². The number of urea groups is 1. The fourth-order valence-corrected chi connectivity index (χ4v) is 4.40. The lowest BCUT2D eigenvalue weighted by molar-refractivity contribution is 0.241. The van der Waals surface area contributed by atoms with Crippen LogP contribution < -0.4 is 14.9 Å². The number of halogens is 1. The first-order valence-electron chi connectivity index (χ1n) is 8.30. The molecular weight excluding hydrogens is 374 g/mol. The molecule has 0 unspecified atom stereocenters. The fourth-order valence-electron chi connectivity index (χ4n) is 2.85. The molecule has 0 saturated heterocycles. The van der Waals surface area contributed by atoms with Crippen LogP contribution in [0.3, 0.4) is 0 Å². The van der Waals surface area contributed by atoms with Gasteiger partial charge in [0.05, 0.1) is 11.4 Å². The van der Waals surface area contributed by atoms with Crippen LogP contribution in [0.4, 0.5) is 10.5 Å². The third kappa shape index (κ3) is 4.47. The fraction of sp³-hybridized carbons (Fsp3) is 0.278. The summed E-state index contributed by atoms with van der Waals surface area (Å²) in [6, 6.07) is 14.2. The van der Waals surface area contributed by atoms with Crippen molar-refractivity contribution in [3.05, 3.63) is 64.7 Å². The molecule has 138 valence electrons. The number of nitrogens with zero attached hydrogens (tertiary/aromatic N) is 1. The van der Waals surface area contributed by atoms with Crippen molar-refractivity contribution in [3.8, 4) is 0 Å². The molecule has 2 amide bonds. The van der Waals surface area contributed by atoms with Gasteiger partial charge >= 0.3 is 6.03 Å². The number of benzene rings is 2. The summed E-state index contributed by atoms with van der Waals surface area (Å²) in [6.45, 7) is 0.840. The van der Waals surface area contributed by atoms with E-state index in [0.29, 0.717) is 24.5 Å². The summed E-state index contributed by atoms with van der Waals surface area (Å²) in [7, 11) is -3.46. The van der Waals surface area contributed by atoms with E-state index in [1.165, 1.54) is 4.31 Å². The molecule has 1 heterocycles. The molecule has 0 aliphatic carbocycles. The molecule has 1 aliphatic heterocycles. The Kier molecular flexibility index (Phi) is 5.68. The third-order valence-corrected chi connectivity index (χ3v) is 6.22. The minimum atomic E-state index is -3.46. The van der Waals surface area contributed by atoms with Crippen LogP contribution in [0, 0.1) is 0 Å². The number of rotatable bonds is 6. The third-order valence-electron chi connectivity index (χ3n) is 4.19. The van der Waals surface area contributed by atoms with Crippen molar-refractivity contribution in [2.45, 2.75) is 13.0 Å². The van der Waals surface area contributed by atoms with Gasteiger partial charge in [0.1, 0.15) is 0 Å². The summed E-state index contributed by atoms with van der Waals surface area (Å²) in [5, 5.41) is 5.91. The highest BCUT2D eigenvalue weighted by Crippen LogP contribution is 2.29. The number of nitrogens with one attached hydrogen (secondary N) is 2. The first kappa shape index (κ1) is 18.5. The molecule has 0 radical (unpaired) electrons. The second-order valence-electron chi connectivity index (χ2n) is 6.00. The maximum absolute atomic E-state index is 12.5. The van der Waals surface area contributed by atoms with E-state index in [1.54, 1.807) is 12.1 Å². The van der Waals surface area contributed by atoms with Crippen LogP contribution in [0.2, 0.25) is 5.02 Å². The second-order valence-corrected chi connectivity index (χ2v) is 8.45. The van der Waals surface area contributed by atoms with Gasteiger partial charge in [-0.05, 0) is 35.7 Å². The summed E-state index contributed by atoms with van der Waals surface area (Å²) in [4.78, 5) is 11.8. The second kappa shape index (κ2) is 7.97.